The molecular formula is C51H46Ir3N3O4S3-3. The van der Waals surface area contributed by atoms with Crippen LogP contribution in [0.2, 0.25) is 0 Å². The van der Waals surface area contributed by atoms with Crippen LogP contribution in [0.25, 0.3) is 64.4 Å². The minimum atomic E-state index is -0.125. The molecule has 0 fully saturated rings. The second-order valence-corrected chi connectivity index (χ2v) is 17.0. The number of hydrogen-bond donors (Lipinski definition) is 1. The van der Waals surface area contributed by atoms with Gasteiger partial charge in [-0.05, 0) is 95.4 Å². The van der Waals surface area contributed by atoms with E-state index in [0.29, 0.717) is 0 Å². The van der Waals surface area contributed by atoms with Crippen LogP contribution >= 0.6 is 34.0 Å². The van der Waals surface area contributed by atoms with Crippen molar-refractivity contribution in [2.75, 3.05) is 14.2 Å². The van der Waals surface area contributed by atoms with Crippen LogP contribution in [-0.2, 0) is 65.1 Å². The van der Waals surface area contributed by atoms with Crippen molar-refractivity contribution in [3.8, 4) is 43.2 Å². The minimum Gasteiger partial charge on any atom is -0.512 e. The number of benzene rings is 3. The Labute approximate surface area is 428 Å². The van der Waals surface area contributed by atoms with E-state index >= 15 is 0 Å². The number of ketones is 1. The summed E-state index contributed by atoms with van der Waals surface area (Å²) < 4.78 is 10.8. The molecule has 6 aromatic heterocycles. The number of hydrogen-bond acceptors (Lipinski definition) is 10. The first kappa shape index (κ1) is 54.1. The number of carbonyl (C=O) groups excluding carboxylic acids is 1. The SMILES string of the molecule is CC(=O)/C=C(/C)O.COc1ccc(C)c2c(C)cc(-c3[c-]ccs3)nc12.COc1cccc2c(C)cc(-c3[c-]ccs3)nc12.Cc1ccc2nc(-c3[c-]ccs3)cc(C)c2c1.[Ir].[Ir].[Ir]. The Morgan fingerprint density at radius 1 is 0.594 bits per heavy atom. The van der Waals surface area contributed by atoms with E-state index in [1.165, 1.54) is 58.5 Å². The van der Waals surface area contributed by atoms with Crippen LogP contribution in [0.15, 0.2) is 113 Å². The first-order chi connectivity index (χ1) is 29.4. The second kappa shape index (κ2) is 25.4. The van der Waals surface area contributed by atoms with E-state index in [9.17, 15) is 4.79 Å². The quantitative estimate of drug-likeness (QED) is 0.101. The van der Waals surface area contributed by atoms with Gasteiger partial charge in [-0.2, -0.15) is 36.4 Å². The first-order valence-corrected chi connectivity index (χ1v) is 22.0. The normalized spacial score (nSPS) is 10.4. The molecule has 0 saturated heterocycles. The summed E-state index contributed by atoms with van der Waals surface area (Å²) in [6, 6.07) is 38.2. The van der Waals surface area contributed by atoms with Crippen LogP contribution in [0, 0.1) is 52.8 Å². The Bertz CT molecular complexity index is 2950. The van der Waals surface area contributed by atoms with Gasteiger partial charge in [0.05, 0.1) is 36.5 Å². The van der Waals surface area contributed by atoms with Crippen molar-refractivity contribution in [3.63, 3.8) is 0 Å². The van der Waals surface area contributed by atoms with Crippen molar-refractivity contribution < 1.29 is 79.7 Å². The average molecular weight is 1440 g/mol. The predicted molar refractivity (Wildman–Crippen MR) is 256 cm³/mol. The van der Waals surface area contributed by atoms with E-state index in [1.54, 1.807) is 48.2 Å². The average Bonchev–Trinajstić information content (AvgIpc) is 4.07. The number of aliphatic hydroxyl groups excluding tert-OH is 1. The van der Waals surface area contributed by atoms with E-state index in [1.807, 2.05) is 52.5 Å². The molecule has 0 bridgehead atoms. The number of methoxy groups -OCH3 is 2. The zero-order valence-corrected chi connectivity index (χ0v) is 46.3. The Morgan fingerprint density at radius 3 is 1.58 bits per heavy atom. The Kier molecular flexibility index (Phi) is 21.5. The standard InChI is InChI=1S/C16H14NOS.C15H12NOS.C15H12NS.C5H8O2.3Ir/c1-10-6-7-13(18-3)16-15(10)11(2)9-12(17-16)14-5-4-8-19-14;1-10-9-12(14-7-4-8-18-14)16-15-11(10)5-3-6-13(15)17-2;1-10-5-6-13-12(8-10)11(2)9-14(16-13)15-4-3-7-17-15;1-4(6)3-5(2)7;;;/h4,6-9H,1-3H3;3-6,8-9H,1-2H3;3,5-9H,1-2H3;3,6H,1-2H3;;;/q3*-1;;;;/b;;;4-3-;;;. The predicted octanol–water partition coefficient (Wildman–Crippen LogP) is 13.9. The molecule has 9 aromatic rings. The third-order valence-electron chi connectivity index (χ3n) is 9.46. The first-order valence-electron chi connectivity index (χ1n) is 19.4. The van der Waals surface area contributed by atoms with Gasteiger partial charge in [-0.15, -0.1) is 16.1 Å². The van der Waals surface area contributed by atoms with E-state index in [2.05, 4.69) is 101 Å². The molecule has 337 valence electrons. The largest absolute Gasteiger partial charge is 0.512 e. The maximum absolute atomic E-state index is 10.0. The van der Waals surface area contributed by atoms with Crippen molar-refractivity contribution in [2.45, 2.75) is 48.5 Å². The van der Waals surface area contributed by atoms with Crippen molar-refractivity contribution in [1.82, 2.24) is 15.0 Å². The van der Waals surface area contributed by atoms with Crippen molar-refractivity contribution in [3.05, 3.63) is 159 Å². The molecule has 9 rings (SSSR count). The smallest absolute Gasteiger partial charge is 0.155 e. The number of para-hydroxylation sites is 1. The third-order valence-corrected chi connectivity index (χ3v) is 12.0. The van der Waals surface area contributed by atoms with Crippen molar-refractivity contribution in [2.24, 2.45) is 0 Å². The minimum absolute atomic E-state index is 0. The summed E-state index contributed by atoms with van der Waals surface area (Å²) in [5.41, 5.74) is 12.0. The summed E-state index contributed by atoms with van der Waals surface area (Å²) in [5.74, 6) is 1.57. The van der Waals surface area contributed by atoms with Gasteiger partial charge >= 0.3 is 0 Å². The summed E-state index contributed by atoms with van der Waals surface area (Å²) in [6.45, 7) is 13.4. The van der Waals surface area contributed by atoms with Crippen LogP contribution < -0.4 is 9.47 Å². The molecule has 0 atom stereocenters. The maximum atomic E-state index is 10.0. The summed E-state index contributed by atoms with van der Waals surface area (Å²) in [6.07, 6.45) is 1.17. The Morgan fingerprint density at radius 2 is 1.09 bits per heavy atom. The number of allylic oxidation sites excluding steroid dienone is 2. The molecule has 0 aliphatic heterocycles. The number of aryl methyl sites for hydroxylation is 5. The van der Waals surface area contributed by atoms with Gasteiger partial charge in [-0.3, -0.25) is 4.79 Å². The topological polar surface area (TPSA) is 94.4 Å². The molecule has 1 N–H and O–H groups in total. The number of fused-ring (bicyclic) bond motifs is 3. The van der Waals surface area contributed by atoms with Crippen LogP contribution in [-0.4, -0.2) is 40.1 Å². The number of aliphatic hydroxyl groups is 1. The number of aromatic nitrogens is 3. The molecule has 64 heavy (non-hydrogen) atoms. The fourth-order valence-corrected chi connectivity index (χ4v) is 8.62. The van der Waals surface area contributed by atoms with Gasteiger partial charge in [0.2, 0.25) is 0 Å². The van der Waals surface area contributed by atoms with E-state index < -0.39 is 0 Å². The summed E-state index contributed by atoms with van der Waals surface area (Å²) in [5, 5.41) is 18.0. The number of nitrogens with zero attached hydrogens (tertiary/aromatic N) is 3. The molecule has 0 spiro atoms. The molecule has 7 nitrogen and oxygen atoms in total. The molecule has 3 aromatic carbocycles. The van der Waals surface area contributed by atoms with Crippen LogP contribution in [0.3, 0.4) is 0 Å². The molecular weight excluding hydrogens is 1390 g/mol. The van der Waals surface area contributed by atoms with E-state index in [-0.39, 0.29) is 71.9 Å². The number of thiophene rings is 3. The number of rotatable bonds is 6. The molecule has 0 aliphatic carbocycles. The van der Waals surface area contributed by atoms with Gasteiger partial charge < -0.3 is 29.5 Å². The molecule has 0 unspecified atom stereocenters. The van der Waals surface area contributed by atoms with E-state index in [4.69, 9.17) is 29.5 Å². The molecule has 0 saturated carbocycles. The summed E-state index contributed by atoms with van der Waals surface area (Å²) in [7, 11) is 3.36. The number of ether oxygens (including phenoxy) is 2. The second-order valence-electron chi connectivity index (χ2n) is 14.2. The number of pyridine rings is 3. The fourth-order valence-electron chi connectivity index (χ4n) is 6.72. The van der Waals surface area contributed by atoms with Gasteiger partial charge in [-0.25, -0.2) is 34.0 Å². The van der Waals surface area contributed by atoms with Gasteiger partial charge in [0, 0.05) is 82.6 Å². The van der Waals surface area contributed by atoms with E-state index in [0.717, 1.165) is 65.1 Å². The molecule has 3 radical (unpaired) electrons. The zero-order chi connectivity index (χ0) is 43.6. The fraction of sp³-hybridized carbons (Fsp3) is 0.176. The van der Waals surface area contributed by atoms with Crippen LogP contribution in [0.1, 0.15) is 41.7 Å². The summed E-state index contributed by atoms with van der Waals surface area (Å²) in [4.78, 5) is 27.4. The number of carbonyl (C=O) groups is 1. The Balaban J connectivity index is 0.000000233. The monoisotopic (exact) mass is 1440 g/mol. The van der Waals surface area contributed by atoms with Crippen LogP contribution in [0.4, 0.5) is 0 Å². The van der Waals surface area contributed by atoms with Gasteiger partial charge in [0.25, 0.3) is 0 Å². The molecule has 6 heterocycles. The van der Waals surface area contributed by atoms with Crippen molar-refractivity contribution in [1.29, 1.82) is 0 Å². The van der Waals surface area contributed by atoms with Crippen molar-refractivity contribution >= 4 is 72.5 Å². The molecule has 0 aliphatic rings. The van der Waals surface area contributed by atoms with Gasteiger partial charge in [0.1, 0.15) is 11.5 Å². The Hall–Kier alpha value is -4.25. The maximum Gasteiger partial charge on any atom is 0.155 e. The van der Waals surface area contributed by atoms with Gasteiger partial charge in [-0.1, -0.05) is 79.3 Å². The van der Waals surface area contributed by atoms with Gasteiger partial charge in [0.15, 0.2) is 5.78 Å². The molecule has 0 amide bonds. The zero-order valence-electron chi connectivity index (χ0n) is 36.6. The third kappa shape index (κ3) is 13.6. The summed E-state index contributed by atoms with van der Waals surface area (Å²) >= 11 is 4.98. The molecule has 13 heteroatoms. The van der Waals surface area contributed by atoms with Crippen LogP contribution in [0.5, 0.6) is 11.5 Å².